The maximum atomic E-state index is 12.8. The van der Waals surface area contributed by atoms with Gasteiger partial charge in [-0.05, 0) is 44.4 Å². The lowest BCUT2D eigenvalue weighted by Crippen LogP contribution is -2.44. The van der Waals surface area contributed by atoms with Gasteiger partial charge in [0.25, 0.3) is 0 Å². The van der Waals surface area contributed by atoms with E-state index < -0.39 is 0 Å². The van der Waals surface area contributed by atoms with Crippen LogP contribution in [0.3, 0.4) is 0 Å². The van der Waals surface area contributed by atoms with Gasteiger partial charge in [-0.2, -0.15) is 0 Å². The van der Waals surface area contributed by atoms with Crippen LogP contribution in [0.1, 0.15) is 32.6 Å². The Bertz CT molecular complexity index is 517. The molecule has 0 radical (unpaired) electrons. The minimum absolute atomic E-state index is 0.172. The van der Waals surface area contributed by atoms with E-state index in [0.717, 1.165) is 37.4 Å². The summed E-state index contributed by atoms with van der Waals surface area (Å²) >= 11 is 0. The Morgan fingerprint density at radius 1 is 1.48 bits per heavy atom. The van der Waals surface area contributed by atoms with Crippen LogP contribution in [0.15, 0.2) is 24.3 Å². The molecule has 4 nitrogen and oxygen atoms in total. The van der Waals surface area contributed by atoms with Crippen molar-refractivity contribution in [3.8, 4) is 5.75 Å². The number of hydrogen-bond acceptors (Lipinski definition) is 3. The lowest BCUT2D eigenvalue weighted by molar-refractivity contribution is -0.128. The van der Waals surface area contributed by atoms with Crippen molar-refractivity contribution in [1.29, 1.82) is 0 Å². The average molecular weight is 288 g/mol. The van der Waals surface area contributed by atoms with Crippen LogP contribution in [0, 0.1) is 11.3 Å². The van der Waals surface area contributed by atoms with E-state index in [9.17, 15) is 4.79 Å². The predicted molar refractivity (Wildman–Crippen MR) is 83.5 cm³/mol. The maximum absolute atomic E-state index is 12.8. The van der Waals surface area contributed by atoms with Gasteiger partial charge in [-0.25, -0.2) is 0 Å². The predicted octanol–water partition coefficient (Wildman–Crippen LogP) is 2.80. The standard InChI is InChI=1S/C17H24N2O2/c1-2-21-15-8-5-7-14(10-15)19-16(20)17-9-4-3-6-13(17)11-18-12-17/h5,7-8,10,13,18H,2-4,6,9,11-12H2,1H3,(H,19,20)/t13-,17+/m0/s1. The summed E-state index contributed by atoms with van der Waals surface area (Å²) in [6, 6.07) is 7.66. The van der Waals surface area contributed by atoms with Crippen LogP contribution in [0.25, 0.3) is 0 Å². The molecular weight excluding hydrogens is 264 g/mol. The van der Waals surface area contributed by atoms with Crippen LogP contribution in [0.5, 0.6) is 5.75 Å². The summed E-state index contributed by atoms with van der Waals surface area (Å²) in [4.78, 5) is 12.8. The highest BCUT2D eigenvalue weighted by molar-refractivity contribution is 5.96. The van der Waals surface area contributed by atoms with Crippen molar-refractivity contribution < 1.29 is 9.53 Å². The molecule has 21 heavy (non-hydrogen) atoms. The van der Waals surface area contributed by atoms with Crippen molar-refractivity contribution in [2.24, 2.45) is 11.3 Å². The molecule has 1 heterocycles. The molecule has 2 aliphatic rings. The fourth-order valence-electron chi connectivity index (χ4n) is 3.78. The van der Waals surface area contributed by atoms with Gasteiger partial charge >= 0.3 is 0 Å². The van der Waals surface area contributed by atoms with E-state index in [4.69, 9.17) is 4.74 Å². The molecule has 114 valence electrons. The van der Waals surface area contributed by atoms with Crippen molar-refractivity contribution in [3.63, 3.8) is 0 Å². The number of hydrogen-bond donors (Lipinski definition) is 2. The fourth-order valence-corrected chi connectivity index (χ4v) is 3.78. The van der Waals surface area contributed by atoms with E-state index in [1.54, 1.807) is 0 Å². The third-order valence-electron chi connectivity index (χ3n) is 4.89. The highest BCUT2D eigenvalue weighted by Gasteiger charge is 2.49. The summed E-state index contributed by atoms with van der Waals surface area (Å²) in [7, 11) is 0. The van der Waals surface area contributed by atoms with Gasteiger partial charge in [0.2, 0.25) is 5.91 Å². The Hall–Kier alpha value is -1.55. The normalized spacial score (nSPS) is 28.0. The van der Waals surface area contributed by atoms with Gasteiger partial charge in [-0.15, -0.1) is 0 Å². The lowest BCUT2D eigenvalue weighted by atomic mass is 9.67. The summed E-state index contributed by atoms with van der Waals surface area (Å²) in [6.07, 6.45) is 4.58. The minimum atomic E-state index is -0.208. The Balaban J connectivity index is 1.75. The molecule has 0 spiro atoms. The summed E-state index contributed by atoms with van der Waals surface area (Å²) < 4.78 is 5.49. The van der Waals surface area contributed by atoms with E-state index in [1.165, 1.54) is 12.8 Å². The van der Waals surface area contributed by atoms with Gasteiger partial charge in [-0.3, -0.25) is 4.79 Å². The topological polar surface area (TPSA) is 50.4 Å². The molecule has 1 aliphatic carbocycles. The van der Waals surface area contributed by atoms with Gasteiger partial charge in [0.05, 0.1) is 12.0 Å². The number of nitrogens with one attached hydrogen (secondary N) is 2. The quantitative estimate of drug-likeness (QED) is 0.895. The Labute approximate surface area is 126 Å². The van der Waals surface area contributed by atoms with Crippen molar-refractivity contribution in [2.75, 3.05) is 25.0 Å². The summed E-state index contributed by atoms with van der Waals surface area (Å²) in [5, 5.41) is 6.53. The van der Waals surface area contributed by atoms with Gasteiger partial charge in [-0.1, -0.05) is 18.9 Å². The molecule has 2 N–H and O–H groups in total. The van der Waals surface area contributed by atoms with Crippen LogP contribution >= 0.6 is 0 Å². The first-order valence-electron chi connectivity index (χ1n) is 7.99. The molecule has 0 bridgehead atoms. The first kappa shape index (κ1) is 14.4. The van der Waals surface area contributed by atoms with Crippen LogP contribution in [-0.4, -0.2) is 25.6 Å². The number of rotatable bonds is 4. The number of benzene rings is 1. The first-order chi connectivity index (χ1) is 10.2. The molecule has 1 aromatic carbocycles. The molecule has 2 atom stereocenters. The SMILES string of the molecule is CCOc1cccc(NC(=O)[C@@]23CCCC[C@H]2CNC3)c1. The fraction of sp³-hybridized carbons (Fsp3) is 0.588. The van der Waals surface area contributed by atoms with Gasteiger partial charge in [0.15, 0.2) is 0 Å². The number of amides is 1. The van der Waals surface area contributed by atoms with Crippen molar-refractivity contribution in [1.82, 2.24) is 5.32 Å². The Morgan fingerprint density at radius 2 is 2.38 bits per heavy atom. The van der Waals surface area contributed by atoms with Crippen LogP contribution in [0.2, 0.25) is 0 Å². The molecule has 3 rings (SSSR count). The third kappa shape index (κ3) is 2.77. The number of carbonyl (C=O) groups is 1. The zero-order valence-corrected chi connectivity index (χ0v) is 12.7. The molecule has 4 heteroatoms. The maximum Gasteiger partial charge on any atom is 0.232 e. The smallest absolute Gasteiger partial charge is 0.232 e. The average Bonchev–Trinajstić information content (AvgIpc) is 2.93. The second-order valence-corrected chi connectivity index (χ2v) is 6.14. The van der Waals surface area contributed by atoms with Gasteiger partial charge in [0.1, 0.15) is 5.75 Å². The van der Waals surface area contributed by atoms with Crippen molar-refractivity contribution >= 4 is 11.6 Å². The summed E-state index contributed by atoms with van der Waals surface area (Å²) in [5.41, 5.74) is 0.622. The minimum Gasteiger partial charge on any atom is -0.494 e. The molecular formula is C17H24N2O2. The van der Waals surface area contributed by atoms with Crippen LogP contribution < -0.4 is 15.4 Å². The number of ether oxygens (including phenoxy) is 1. The van der Waals surface area contributed by atoms with E-state index in [-0.39, 0.29) is 11.3 Å². The molecule has 0 unspecified atom stereocenters. The number of fused-ring (bicyclic) bond motifs is 1. The van der Waals surface area contributed by atoms with E-state index in [0.29, 0.717) is 12.5 Å². The highest BCUT2D eigenvalue weighted by Crippen LogP contribution is 2.44. The van der Waals surface area contributed by atoms with Gasteiger partial charge in [0, 0.05) is 18.3 Å². The molecule has 0 aromatic heterocycles. The number of carbonyl (C=O) groups excluding carboxylic acids is 1. The van der Waals surface area contributed by atoms with Crippen LogP contribution in [0.4, 0.5) is 5.69 Å². The van der Waals surface area contributed by atoms with Gasteiger partial charge < -0.3 is 15.4 Å². The van der Waals surface area contributed by atoms with Crippen molar-refractivity contribution in [3.05, 3.63) is 24.3 Å². The van der Waals surface area contributed by atoms with Crippen LogP contribution in [-0.2, 0) is 4.79 Å². The first-order valence-corrected chi connectivity index (χ1v) is 7.99. The molecule has 1 saturated heterocycles. The molecule has 1 aliphatic heterocycles. The Kier molecular flexibility index (Phi) is 4.15. The van der Waals surface area contributed by atoms with E-state index >= 15 is 0 Å². The zero-order valence-electron chi connectivity index (χ0n) is 12.7. The monoisotopic (exact) mass is 288 g/mol. The molecule has 1 amide bonds. The van der Waals surface area contributed by atoms with E-state index in [1.807, 2.05) is 31.2 Å². The second kappa shape index (κ2) is 6.06. The molecule has 2 fully saturated rings. The van der Waals surface area contributed by atoms with E-state index in [2.05, 4.69) is 10.6 Å². The summed E-state index contributed by atoms with van der Waals surface area (Å²) in [5.74, 6) is 1.46. The summed E-state index contributed by atoms with van der Waals surface area (Å²) in [6.45, 7) is 4.38. The third-order valence-corrected chi connectivity index (χ3v) is 4.89. The molecule has 1 aromatic rings. The Morgan fingerprint density at radius 3 is 3.24 bits per heavy atom. The zero-order chi connectivity index (χ0) is 14.7. The van der Waals surface area contributed by atoms with Crippen molar-refractivity contribution in [2.45, 2.75) is 32.6 Å². The second-order valence-electron chi connectivity index (χ2n) is 6.14. The largest absolute Gasteiger partial charge is 0.494 e. The highest BCUT2D eigenvalue weighted by atomic mass is 16.5. The lowest BCUT2D eigenvalue weighted by Gasteiger charge is -2.37. The molecule has 1 saturated carbocycles. The number of anilines is 1.